The van der Waals surface area contributed by atoms with Crippen LogP contribution in [-0.4, -0.2) is 36.3 Å². The summed E-state index contributed by atoms with van der Waals surface area (Å²) in [6.45, 7) is 4.29. The van der Waals surface area contributed by atoms with Crippen molar-refractivity contribution in [2.45, 2.75) is 32.9 Å². The number of nitrogens with one attached hydrogen (secondary N) is 1. The zero-order chi connectivity index (χ0) is 15.1. The molecule has 112 valence electrons. The maximum Gasteiger partial charge on any atom is 0.320 e. The lowest BCUT2D eigenvalue weighted by atomic mass is 10.0. The molecule has 1 atom stereocenters. The first-order valence-electron chi connectivity index (χ1n) is 6.51. The third-order valence-electron chi connectivity index (χ3n) is 2.89. The molecule has 0 aliphatic carbocycles. The lowest BCUT2D eigenvalue weighted by Gasteiger charge is -2.17. The van der Waals surface area contributed by atoms with Crippen LogP contribution in [0.4, 0.5) is 0 Å². The van der Waals surface area contributed by atoms with Gasteiger partial charge in [0.1, 0.15) is 6.04 Å². The van der Waals surface area contributed by atoms with Crippen molar-refractivity contribution in [1.82, 2.24) is 10.3 Å². The summed E-state index contributed by atoms with van der Waals surface area (Å²) in [5, 5.41) is 12.2. The lowest BCUT2D eigenvalue weighted by Crippen LogP contribution is -2.37. The quantitative estimate of drug-likeness (QED) is 0.755. The standard InChI is InChI=1S/C14H22N2O4/c1-9(2)7-10(14(17)18)16-8-11-13(20-4)12(19-3)5-6-15-11/h5-6,9-10,16H,7-8H2,1-4H3,(H,17,18). The molecule has 0 bridgehead atoms. The van der Waals surface area contributed by atoms with Gasteiger partial charge < -0.3 is 14.6 Å². The zero-order valence-corrected chi connectivity index (χ0v) is 12.3. The Morgan fingerprint density at radius 3 is 2.60 bits per heavy atom. The number of aliphatic carboxylic acids is 1. The summed E-state index contributed by atoms with van der Waals surface area (Å²) in [7, 11) is 3.08. The van der Waals surface area contributed by atoms with Crippen LogP contribution in [0.2, 0.25) is 0 Å². The number of methoxy groups -OCH3 is 2. The number of nitrogens with zero attached hydrogens (tertiary/aromatic N) is 1. The molecule has 1 aromatic rings. The Morgan fingerprint density at radius 1 is 1.40 bits per heavy atom. The molecule has 0 saturated carbocycles. The predicted molar refractivity (Wildman–Crippen MR) is 75.1 cm³/mol. The smallest absolute Gasteiger partial charge is 0.320 e. The highest BCUT2D eigenvalue weighted by Crippen LogP contribution is 2.28. The van der Waals surface area contributed by atoms with E-state index in [0.717, 1.165) is 0 Å². The summed E-state index contributed by atoms with van der Waals surface area (Å²) >= 11 is 0. The highest BCUT2D eigenvalue weighted by molar-refractivity contribution is 5.73. The molecule has 1 aromatic heterocycles. The minimum atomic E-state index is -0.861. The van der Waals surface area contributed by atoms with Gasteiger partial charge in [0.2, 0.25) is 0 Å². The van der Waals surface area contributed by atoms with E-state index in [2.05, 4.69) is 10.3 Å². The van der Waals surface area contributed by atoms with E-state index in [4.69, 9.17) is 9.47 Å². The van der Waals surface area contributed by atoms with Gasteiger partial charge in [0.05, 0.1) is 19.9 Å². The first-order valence-corrected chi connectivity index (χ1v) is 6.51. The second-order valence-electron chi connectivity index (χ2n) is 4.89. The topological polar surface area (TPSA) is 80.7 Å². The Bertz CT molecular complexity index is 449. The van der Waals surface area contributed by atoms with Crippen LogP contribution in [0.15, 0.2) is 12.3 Å². The monoisotopic (exact) mass is 282 g/mol. The predicted octanol–water partition coefficient (Wildman–Crippen LogP) is 1.69. The Balaban J connectivity index is 2.80. The number of hydrogen-bond acceptors (Lipinski definition) is 5. The summed E-state index contributed by atoms with van der Waals surface area (Å²) < 4.78 is 10.5. The second-order valence-corrected chi connectivity index (χ2v) is 4.89. The molecule has 0 saturated heterocycles. The van der Waals surface area contributed by atoms with E-state index in [1.165, 1.54) is 7.11 Å². The maximum absolute atomic E-state index is 11.2. The second kappa shape index (κ2) is 7.69. The molecule has 0 radical (unpaired) electrons. The number of carboxylic acids is 1. The highest BCUT2D eigenvalue weighted by atomic mass is 16.5. The molecule has 1 rings (SSSR count). The molecule has 20 heavy (non-hydrogen) atoms. The van der Waals surface area contributed by atoms with Crippen molar-refractivity contribution in [2.75, 3.05) is 14.2 Å². The molecule has 1 heterocycles. The Morgan fingerprint density at radius 2 is 2.10 bits per heavy atom. The molecule has 1 unspecified atom stereocenters. The molecule has 2 N–H and O–H groups in total. The van der Waals surface area contributed by atoms with E-state index in [1.54, 1.807) is 19.4 Å². The van der Waals surface area contributed by atoms with Crippen molar-refractivity contribution < 1.29 is 19.4 Å². The fourth-order valence-electron chi connectivity index (χ4n) is 1.94. The van der Waals surface area contributed by atoms with Crippen LogP contribution in [0.3, 0.4) is 0 Å². The van der Waals surface area contributed by atoms with Gasteiger partial charge >= 0.3 is 5.97 Å². The number of rotatable bonds is 8. The minimum Gasteiger partial charge on any atom is -0.493 e. The van der Waals surface area contributed by atoms with Crippen molar-refractivity contribution in [3.05, 3.63) is 18.0 Å². The van der Waals surface area contributed by atoms with Crippen molar-refractivity contribution in [1.29, 1.82) is 0 Å². The van der Waals surface area contributed by atoms with E-state index in [1.807, 2.05) is 13.8 Å². The normalized spacial score (nSPS) is 12.2. The van der Waals surface area contributed by atoms with Gasteiger partial charge in [-0.25, -0.2) is 0 Å². The number of aromatic nitrogens is 1. The SMILES string of the molecule is COc1ccnc(CNC(CC(C)C)C(=O)O)c1OC. The number of carbonyl (C=O) groups is 1. The van der Waals surface area contributed by atoms with E-state index in [0.29, 0.717) is 36.1 Å². The summed E-state index contributed by atoms with van der Waals surface area (Å²) in [6, 6.07) is 1.10. The van der Waals surface area contributed by atoms with E-state index in [-0.39, 0.29) is 0 Å². The average Bonchev–Trinajstić information content (AvgIpc) is 2.42. The van der Waals surface area contributed by atoms with Gasteiger partial charge in [0.15, 0.2) is 11.5 Å². The van der Waals surface area contributed by atoms with Crippen molar-refractivity contribution in [3.63, 3.8) is 0 Å². The molecular weight excluding hydrogens is 260 g/mol. The summed E-state index contributed by atoms with van der Waals surface area (Å²) in [5.74, 6) is 0.538. The van der Waals surface area contributed by atoms with Gasteiger partial charge in [-0.1, -0.05) is 13.8 Å². The first kappa shape index (κ1) is 16.2. The molecule has 0 fully saturated rings. The van der Waals surface area contributed by atoms with Crippen molar-refractivity contribution >= 4 is 5.97 Å². The van der Waals surface area contributed by atoms with Crippen LogP contribution in [0.1, 0.15) is 26.0 Å². The van der Waals surface area contributed by atoms with Crippen molar-refractivity contribution in [3.8, 4) is 11.5 Å². The molecule has 0 aromatic carbocycles. The third kappa shape index (κ3) is 4.38. The van der Waals surface area contributed by atoms with Gasteiger partial charge in [-0.15, -0.1) is 0 Å². The van der Waals surface area contributed by atoms with Gasteiger partial charge in [0, 0.05) is 18.8 Å². The van der Waals surface area contributed by atoms with E-state index < -0.39 is 12.0 Å². The Hall–Kier alpha value is -1.82. The summed E-state index contributed by atoms with van der Waals surface area (Å²) in [5.41, 5.74) is 0.627. The third-order valence-corrected chi connectivity index (χ3v) is 2.89. The van der Waals surface area contributed by atoms with Crippen LogP contribution in [0.25, 0.3) is 0 Å². The number of carboxylic acid groups (broad SMARTS) is 1. The van der Waals surface area contributed by atoms with Crippen molar-refractivity contribution in [2.24, 2.45) is 5.92 Å². The molecular formula is C14H22N2O4. The average molecular weight is 282 g/mol. The molecule has 0 aliphatic rings. The largest absolute Gasteiger partial charge is 0.493 e. The van der Waals surface area contributed by atoms with Crippen LogP contribution < -0.4 is 14.8 Å². The maximum atomic E-state index is 11.2. The van der Waals surface area contributed by atoms with Crippen LogP contribution in [-0.2, 0) is 11.3 Å². The molecule has 0 aliphatic heterocycles. The lowest BCUT2D eigenvalue weighted by molar-refractivity contribution is -0.140. The van der Waals surface area contributed by atoms with Gasteiger partial charge in [0.25, 0.3) is 0 Å². The number of ether oxygens (including phenoxy) is 2. The Labute approximate surface area is 119 Å². The molecule has 6 nitrogen and oxygen atoms in total. The summed E-state index contributed by atoms with van der Waals surface area (Å²) in [4.78, 5) is 15.4. The van der Waals surface area contributed by atoms with Crippen LogP contribution in [0, 0.1) is 5.92 Å². The van der Waals surface area contributed by atoms with Crippen LogP contribution in [0.5, 0.6) is 11.5 Å². The number of hydrogen-bond donors (Lipinski definition) is 2. The first-order chi connectivity index (χ1) is 9.49. The Kier molecular flexibility index (Phi) is 6.24. The van der Waals surface area contributed by atoms with E-state index >= 15 is 0 Å². The molecule has 6 heteroatoms. The van der Waals surface area contributed by atoms with Crippen LogP contribution >= 0.6 is 0 Å². The summed E-state index contributed by atoms with van der Waals surface area (Å²) in [6.07, 6.45) is 2.16. The van der Waals surface area contributed by atoms with Gasteiger partial charge in [-0.2, -0.15) is 0 Å². The molecule has 0 spiro atoms. The zero-order valence-electron chi connectivity index (χ0n) is 12.3. The van der Waals surface area contributed by atoms with Gasteiger partial charge in [-0.3, -0.25) is 15.1 Å². The minimum absolute atomic E-state index is 0.295. The molecule has 0 amide bonds. The van der Waals surface area contributed by atoms with E-state index in [9.17, 15) is 9.90 Å². The highest BCUT2D eigenvalue weighted by Gasteiger charge is 2.19. The number of pyridine rings is 1. The fourth-order valence-corrected chi connectivity index (χ4v) is 1.94. The van der Waals surface area contributed by atoms with Gasteiger partial charge in [-0.05, 0) is 12.3 Å². The fraction of sp³-hybridized carbons (Fsp3) is 0.571.